The molecule has 7 nitrogen and oxygen atoms in total. The van der Waals surface area contributed by atoms with Crippen molar-refractivity contribution in [2.45, 2.75) is 38.5 Å². The van der Waals surface area contributed by atoms with E-state index in [0.717, 1.165) is 22.3 Å². The average Bonchev–Trinajstić information content (AvgIpc) is 2.91. The summed E-state index contributed by atoms with van der Waals surface area (Å²) in [5.74, 6) is 0.506. The molecule has 0 saturated heterocycles. The first-order chi connectivity index (χ1) is 18.2. The Bertz CT molecular complexity index is 1370. The van der Waals surface area contributed by atoms with Crippen LogP contribution in [0.3, 0.4) is 0 Å². The minimum absolute atomic E-state index is 0.140. The Hall–Kier alpha value is -4.20. The van der Waals surface area contributed by atoms with Crippen molar-refractivity contribution in [2.24, 2.45) is 0 Å². The molecule has 4 rings (SSSR count). The largest absolute Gasteiger partial charge is 0.508 e. The quantitative estimate of drug-likeness (QED) is 0.212. The highest BCUT2D eigenvalue weighted by molar-refractivity contribution is 5.94. The number of pyridine rings is 1. The molecule has 196 valence electrons. The van der Waals surface area contributed by atoms with E-state index in [1.165, 1.54) is 0 Å². The Labute approximate surface area is 223 Å². The number of aromatic hydroxyl groups is 1. The highest BCUT2D eigenvalue weighted by Crippen LogP contribution is 2.23. The zero-order chi connectivity index (χ0) is 27.1. The fourth-order valence-electron chi connectivity index (χ4n) is 4.30. The van der Waals surface area contributed by atoms with E-state index in [4.69, 9.17) is 5.73 Å². The number of benzene rings is 3. The van der Waals surface area contributed by atoms with Crippen LogP contribution in [-0.2, 0) is 13.0 Å². The van der Waals surface area contributed by atoms with Gasteiger partial charge in [0.25, 0.3) is 5.91 Å². The van der Waals surface area contributed by atoms with Crippen LogP contribution in [0.1, 0.15) is 47.0 Å². The second-order valence-electron chi connectivity index (χ2n) is 10.1. The smallest absolute Gasteiger partial charge is 0.251 e. The minimum atomic E-state index is -0.702. The number of nitrogen functional groups attached to an aromatic ring is 1. The average molecular weight is 511 g/mol. The lowest BCUT2D eigenvalue weighted by atomic mass is 9.93. The molecule has 1 unspecified atom stereocenters. The number of phenols is 1. The molecule has 3 aromatic carbocycles. The number of hydrogen-bond donors (Lipinski definition) is 5. The highest BCUT2D eigenvalue weighted by atomic mass is 16.3. The molecule has 7 heteroatoms. The maximum Gasteiger partial charge on any atom is 0.251 e. The van der Waals surface area contributed by atoms with Gasteiger partial charge in [-0.15, -0.1) is 0 Å². The number of phenolic OH excluding ortho intramolecular Hbond substituents is 1. The molecule has 0 aliphatic carbocycles. The van der Waals surface area contributed by atoms with Crippen LogP contribution in [0.5, 0.6) is 5.75 Å². The lowest BCUT2D eigenvalue weighted by molar-refractivity contribution is 0.0950. The summed E-state index contributed by atoms with van der Waals surface area (Å²) >= 11 is 0. The lowest BCUT2D eigenvalue weighted by Crippen LogP contribution is -2.43. The first-order valence-electron chi connectivity index (χ1n) is 12.6. The van der Waals surface area contributed by atoms with E-state index >= 15 is 0 Å². The number of aliphatic hydroxyl groups excluding tert-OH is 1. The Morgan fingerprint density at radius 1 is 0.947 bits per heavy atom. The molecule has 4 aromatic rings. The SMILES string of the molecule is CC(C)(Cc1cccc(C(=O)NCc2cccc(-c3ccc(O)cc3)c2)c1)NCC(O)c1ccc(N)nc1. The second kappa shape index (κ2) is 11.9. The van der Waals surface area contributed by atoms with Gasteiger partial charge in [0.15, 0.2) is 0 Å². The van der Waals surface area contributed by atoms with E-state index < -0.39 is 6.10 Å². The second-order valence-corrected chi connectivity index (χ2v) is 10.1. The predicted molar refractivity (Wildman–Crippen MR) is 151 cm³/mol. The van der Waals surface area contributed by atoms with Gasteiger partial charge in [0.2, 0.25) is 0 Å². The molecule has 0 aliphatic rings. The number of carbonyl (C=O) groups excluding carboxylic acids is 1. The topological polar surface area (TPSA) is 120 Å². The summed E-state index contributed by atoms with van der Waals surface area (Å²) in [7, 11) is 0. The standard InChI is InChI=1S/C31H34N4O3/c1-31(2,35-20-28(37)26-11-14-29(32)33-19-26)17-21-5-3-8-25(15-21)30(38)34-18-22-6-4-7-24(16-22)23-9-12-27(36)13-10-23/h3-16,19,28,35-37H,17-18,20H2,1-2H3,(H2,32,33)(H,34,38). The summed E-state index contributed by atoms with van der Waals surface area (Å²) < 4.78 is 0. The molecular weight excluding hydrogens is 476 g/mol. The van der Waals surface area contributed by atoms with Gasteiger partial charge in [-0.2, -0.15) is 0 Å². The van der Waals surface area contributed by atoms with Crippen molar-refractivity contribution in [3.63, 3.8) is 0 Å². The van der Waals surface area contributed by atoms with Crippen LogP contribution in [0.15, 0.2) is 91.1 Å². The van der Waals surface area contributed by atoms with Crippen molar-refractivity contribution in [3.8, 4) is 16.9 Å². The maximum absolute atomic E-state index is 12.9. The van der Waals surface area contributed by atoms with E-state index in [-0.39, 0.29) is 17.2 Å². The molecule has 0 radical (unpaired) electrons. The lowest BCUT2D eigenvalue weighted by Gasteiger charge is -2.28. The summed E-state index contributed by atoms with van der Waals surface area (Å²) in [6.07, 6.45) is 1.56. The van der Waals surface area contributed by atoms with Gasteiger partial charge in [-0.1, -0.05) is 48.5 Å². The summed E-state index contributed by atoms with van der Waals surface area (Å²) in [6, 6.07) is 26.1. The van der Waals surface area contributed by atoms with E-state index in [2.05, 4.69) is 29.5 Å². The first-order valence-corrected chi connectivity index (χ1v) is 12.6. The molecule has 0 bridgehead atoms. The number of rotatable bonds is 10. The summed E-state index contributed by atoms with van der Waals surface area (Å²) in [4.78, 5) is 17.0. The normalized spacial score (nSPS) is 12.2. The highest BCUT2D eigenvalue weighted by Gasteiger charge is 2.20. The number of nitrogens with one attached hydrogen (secondary N) is 2. The zero-order valence-corrected chi connectivity index (χ0v) is 21.7. The third-order valence-electron chi connectivity index (χ3n) is 6.38. The number of nitrogens with zero attached hydrogens (tertiary/aromatic N) is 1. The van der Waals surface area contributed by atoms with Gasteiger partial charge in [0, 0.05) is 36.0 Å². The Balaban J connectivity index is 1.33. The van der Waals surface area contributed by atoms with Gasteiger partial charge in [0.1, 0.15) is 11.6 Å². The Kier molecular flexibility index (Phi) is 8.41. The zero-order valence-electron chi connectivity index (χ0n) is 21.7. The number of aliphatic hydroxyl groups is 1. The molecule has 0 fully saturated rings. The molecule has 0 aliphatic heterocycles. The monoisotopic (exact) mass is 510 g/mol. The molecule has 1 heterocycles. The maximum atomic E-state index is 12.9. The molecule has 1 atom stereocenters. The Morgan fingerprint density at radius 3 is 2.42 bits per heavy atom. The van der Waals surface area contributed by atoms with Crippen LogP contribution in [0, 0.1) is 0 Å². The molecular formula is C31H34N4O3. The molecule has 6 N–H and O–H groups in total. The van der Waals surface area contributed by atoms with E-state index in [1.54, 1.807) is 30.5 Å². The first kappa shape index (κ1) is 26.9. The predicted octanol–water partition coefficient (Wildman–Crippen LogP) is 4.61. The molecule has 38 heavy (non-hydrogen) atoms. The van der Waals surface area contributed by atoms with Gasteiger partial charge >= 0.3 is 0 Å². The summed E-state index contributed by atoms with van der Waals surface area (Å²) in [5.41, 5.74) is 10.6. The van der Waals surface area contributed by atoms with Crippen molar-refractivity contribution in [1.29, 1.82) is 0 Å². The fourth-order valence-corrected chi connectivity index (χ4v) is 4.30. The van der Waals surface area contributed by atoms with Gasteiger partial charge in [-0.05, 0) is 78.9 Å². The van der Waals surface area contributed by atoms with Crippen LogP contribution < -0.4 is 16.4 Å². The van der Waals surface area contributed by atoms with E-state index in [1.807, 2.05) is 60.7 Å². The molecule has 1 aromatic heterocycles. The number of anilines is 1. The van der Waals surface area contributed by atoms with Crippen molar-refractivity contribution < 1.29 is 15.0 Å². The van der Waals surface area contributed by atoms with Gasteiger partial charge in [0.05, 0.1) is 6.10 Å². The number of carbonyl (C=O) groups is 1. The fraction of sp³-hybridized carbons (Fsp3) is 0.226. The number of nitrogens with two attached hydrogens (primary N) is 1. The van der Waals surface area contributed by atoms with Gasteiger partial charge < -0.3 is 26.6 Å². The number of amides is 1. The van der Waals surface area contributed by atoms with Crippen molar-refractivity contribution in [2.75, 3.05) is 12.3 Å². The van der Waals surface area contributed by atoms with E-state index in [0.29, 0.717) is 36.5 Å². The molecule has 1 amide bonds. The number of β-amino-alcohol motifs (C(OH)–C–C–N with tert-alkyl or cyclic N) is 1. The Morgan fingerprint density at radius 2 is 1.68 bits per heavy atom. The number of hydrogen-bond acceptors (Lipinski definition) is 6. The van der Waals surface area contributed by atoms with Crippen molar-refractivity contribution in [1.82, 2.24) is 15.6 Å². The van der Waals surface area contributed by atoms with Crippen LogP contribution in [0.4, 0.5) is 5.82 Å². The molecule has 0 spiro atoms. The van der Waals surface area contributed by atoms with Crippen LogP contribution in [-0.4, -0.2) is 33.2 Å². The third kappa shape index (κ3) is 7.41. The van der Waals surface area contributed by atoms with Gasteiger partial charge in [-0.3, -0.25) is 4.79 Å². The van der Waals surface area contributed by atoms with Crippen LogP contribution in [0.25, 0.3) is 11.1 Å². The van der Waals surface area contributed by atoms with Crippen molar-refractivity contribution >= 4 is 11.7 Å². The van der Waals surface area contributed by atoms with Crippen LogP contribution >= 0.6 is 0 Å². The van der Waals surface area contributed by atoms with Gasteiger partial charge in [-0.25, -0.2) is 4.98 Å². The summed E-state index contributed by atoms with van der Waals surface area (Å²) in [6.45, 7) is 4.89. The third-order valence-corrected chi connectivity index (χ3v) is 6.38. The molecule has 0 saturated carbocycles. The minimum Gasteiger partial charge on any atom is -0.508 e. The summed E-state index contributed by atoms with van der Waals surface area (Å²) in [5, 5.41) is 26.5. The van der Waals surface area contributed by atoms with E-state index in [9.17, 15) is 15.0 Å². The van der Waals surface area contributed by atoms with Crippen LogP contribution in [0.2, 0.25) is 0 Å². The number of aromatic nitrogens is 1. The van der Waals surface area contributed by atoms with Crippen molar-refractivity contribution in [3.05, 3.63) is 113 Å².